The van der Waals surface area contributed by atoms with Crippen LogP contribution < -0.4 is 0 Å². The number of hydrogen-bond donors (Lipinski definition) is 0. The Hall–Kier alpha value is -2.55. The fourth-order valence-corrected chi connectivity index (χ4v) is 1.26. The molecule has 3 aromatic rings. The summed E-state index contributed by atoms with van der Waals surface area (Å²) in [6.45, 7) is 0. The molecule has 0 N–H and O–H groups in total. The Morgan fingerprint density at radius 3 is 1.56 bits per heavy atom. The molecule has 0 unspecified atom stereocenters. The van der Waals surface area contributed by atoms with Crippen LogP contribution in [0.15, 0.2) is 66.8 Å². The Morgan fingerprint density at radius 1 is 0.667 bits per heavy atom. The van der Waals surface area contributed by atoms with Gasteiger partial charge in [-0.1, -0.05) is 60.4 Å². The second kappa shape index (κ2) is 4.75. The molecule has 3 nitrogen and oxygen atoms in total. The van der Waals surface area contributed by atoms with Gasteiger partial charge in [0, 0.05) is 11.1 Å². The van der Waals surface area contributed by atoms with Gasteiger partial charge in [-0.15, -0.1) is 0 Å². The van der Waals surface area contributed by atoms with E-state index in [1.54, 1.807) is 0 Å². The van der Waals surface area contributed by atoms with E-state index in [4.69, 9.17) is 13.7 Å². The highest BCUT2D eigenvalue weighted by atomic mass is 15.0. The van der Waals surface area contributed by atoms with E-state index < -0.39 is 60.4 Å². The van der Waals surface area contributed by atoms with E-state index in [1.165, 1.54) is 0 Å². The van der Waals surface area contributed by atoms with Crippen LogP contribution in [0.1, 0.15) is 13.7 Å². The van der Waals surface area contributed by atoms with Crippen molar-refractivity contribution in [3.05, 3.63) is 66.8 Å². The predicted octanol–water partition coefficient (Wildman–Crippen LogP) is 3.21. The first kappa shape index (κ1) is 4.28. The third-order valence-corrected chi connectivity index (χ3v) is 2.02. The van der Waals surface area contributed by atoms with Gasteiger partial charge in [0.05, 0.1) is 13.7 Å². The van der Waals surface area contributed by atoms with Crippen molar-refractivity contribution in [2.45, 2.75) is 0 Å². The maximum Gasteiger partial charge on any atom is 0.163 e. The molecular formula is C15H11N3. The lowest BCUT2D eigenvalue weighted by Gasteiger charge is -2.02. The Morgan fingerprint density at radius 2 is 1.11 bits per heavy atom. The molecule has 0 spiro atoms. The van der Waals surface area contributed by atoms with Gasteiger partial charge < -0.3 is 0 Å². The zero-order valence-corrected chi connectivity index (χ0v) is 8.92. The minimum absolute atomic E-state index is 0.270. The van der Waals surface area contributed by atoms with Crippen molar-refractivity contribution in [1.82, 2.24) is 15.0 Å². The van der Waals surface area contributed by atoms with Crippen LogP contribution in [0.25, 0.3) is 22.8 Å². The van der Waals surface area contributed by atoms with Gasteiger partial charge in [0.25, 0.3) is 0 Å². The SMILES string of the molecule is [2H]c1c([2H])c([2H])c(-c2ncnc(-c3c([2H])c([2H])c([2H])c([2H])c3[2H])n2)c([2H])c1[2H]. The van der Waals surface area contributed by atoms with Crippen molar-refractivity contribution in [3.8, 4) is 22.8 Å². The van der Waals surface area contributed by atoms with E-state index in [-0.39, 0.29) is 22.8 Å². The van der Waals surface area contributed by atoms with Crippen molar-refractivity contribution in [1.29, 1.82) is 0 Å². The van der Waals surface area contributed by atoms with Crippen molar-refractivity contribution in [3.63, 3.8) is 0 Å². The maximum atomic E-state index is 8.00. The lowest BCUT2D eigenvalue weighted by atomic mass is 10.2. The molecule has 3 rings (SSSR count). The van der Waals surface area contributed by atoms with Crippen LogP contribution in [-0.4, -0.2) is 15.0 Å². The number of aromatic nitrogens is 3. The maximum absolute atomic E-state index is 8.00. The lowest BCUT2D eigenvalue weighted by Crippen LogP contribution is -1.94. The molecule has 0 aliphatic rings. The fourth-order valence-electron chi connectivity index (χ4n) is 1.26. The Bertz CT molecular complexity index is 989. The summed E-state index contributed by atoms with van der Waals surface area (Å²) >= 11 is 0. The molecule has 1 aromatic heterocycles. The molecule has 0 fully saturated rings. The van der Waals surface area contributed by atoms with Crippen LogP contribution in [0.3, 0.4) is 0 Å². The summed E-state index contributed by atoms with van der Waals surface area (Å²) in [5.41, 5.74) is -0.552. The smallest absolute Gasteiger partial charge is 0.163 e. The van der Waals surface area contributed by atoms with Gasteiger partial charge in [0.1, 0.15) is 6.33 Å². The second-order valence-corrected chi connectivity index (χ2v) is 3.13. The van der Waals surface area contributed by atoms with E-state index in [2.05, 4.69) is 15.0 Å². The first-order valence-electron chi connectivity index (χ1n) is 9.91. The summed E-state index contributed by atoms with van der Waals surface area (Å²) < 4.78 is 78.2. The first-order valence-corrected chi connectivity index (χ1v) is 4.91. The Kier molecular flexibility index (Phi) is 1.13. The number of hydrogen-bond acceptors (Lipinski definition) is 3. The zero-order chi connectivity index (χ0) is 20.9. The minimum atomic E-state index is -0.571. The minimum Gasteiger partial charge on any atom is -0.217 e. The molecule has 86 valence electrons. The van der Waals surface area contributed by atoms with Crippen LogP contribution in [0, 0.1) is 0 Å². The Labute approximate surface area is 119 Å². The molecule has 0 amide bonds. The third-order valence-electron chi connectivity index (χ3n) is 2.02. The number of benzene rings is 2. The third kappa shape index (κ3) is 2.11. The molecule has 0 saturated carbocycles. The summed E-state index contributed by atoms with van der Waals surface area (Å²) in [5.74, 6) is -0.539. The van der Waals surface area contributed by atoms with Crippen molar-refractivity contribution < 1.29 is 13.7 Å². The van der Waals surface area contributed by atoms with Crippen LogP contribution in [0.2, 0.25) is 0 Å². The zero-order valence-electron chi connectivity index (χ0n) is 18.9. The molecule has 2 aromatic carbocycles. The summed E-state index contributed by atoms with van der Waals surface area (Å²) in [7, 11) is 0. The van der Waals surface area contributed by atoms with Crippen LogP contribution in [0.5, 0.6) is 0 Å². The standard InChI is InChI=1S/C15H11N3/c1-3-7-12(8-4-1)14-16-11-17-15(18-14)13-9-5-2-6-10-13/h1-11H/i1D,2D,3D,4D,5D,6D,7D,8D,9D,10D. The van der Waals surface area contributed by atoms with E-state index in [1.807, 2.05) is 0 Å². The molecule has 0 aliphatic heterocycles. The number of rotatable bonds is 2. The average Bonchev–Trinajstić information content (AvgIpc) is 2.68. The van der Waals surface area contributed by atoms with Gasteiger partial charge in [-0.3, -0.25) is 0 Å². The molecule has 1 heterocycles. The molecule has 0 radical (unpaired) electrons. The van der Waals surface area contributed by atoms with Gasteiger partial charge in [-0.05, 0) is 0 Å². The summed E-state index contributed by atoms with van der Waals surface area (Å²) in [5, 5.41) is 0. The fraction of sp³-hybridized carbons (Fsp3) is 0. The van der Waals surface area contributed by atoms with Crippen LogP contribution >= 0.6 is 0 Å². The normalized spacial score (nSPS) is 18.0. The molecule has 0 aliphatic carbocycles. The highest BCUT2D eigenvalue weighted by Crippen LogP contribution is 2.18. The number of nitrogens with zero attached hydrogens (tertiary/aromatic N) is 3. The topological polar surface area (TPSA) is 38.7 Å². The summed E-state index contributed by atoms with van der Waals surface area (Å²) in [4.78, 5) is 11.7. The van der Waals surface area contributed by atoms with Gasteiger partial charge in [0.2, 0.25) is 0 Å². The monoisotopic (exact) mass is 243 g/mol. The summed E-state index contributed by atoms with van der Waals surface area (Å²) in [6.07, 6.45) is 0.985. The molecule has 18 heavy (non-hydrogen) atoms. The van der Waals surface area contributed by atoms with Crippen LogP contribution in [-0.2, 0) is 0 Å². The quantitative estimate of drug-likeness (QED) is 0.693. The van der Waals surface area contributed by atoms with Crippen molar-refractivity contribution in [2.24, 2.45) is 0 Å². The van der Waals surface area contributed by atoms with E-state index in [0.29, 0.717) is 0 Å². The lowest BCUT2D eigenvalue weighted by molar-refractivity contribution is 1.07. The van der Waals surface area contributed by atoms with Gasteiger partial charge in [0.15, 0.2) is 11.6 Å². The van der Waals surface area contributed by atoms with Gasteiger partial charge in [-0.2, -0.15) is 0 Å². The molecule has 0 saturated heterocycles. The van der Waals surface area contributed by atoms with Crippen LogP contribution in [0.4, 0.5) is 0 Å². The average molecular weight is 243 g/mol. The van der Waals surface area contributed by atoms with E-state index >= 15 is 0 Å². The van der Waals surface area contributed by atoms with Gasteiger partial charge >= 0.3 is 0 Å². The van der Waals surface area contributed by atoms with E-state index in [9.17, 15) is 0 Å². The summed E-state index contributed by atoms with van der Waals surface area (Å²) in [6, 6.07) is -5.51. The van der Waals surface area contributed by atoms with Crippen molar-refractivity contribution >= 4 is 0 Å². The van der Waals surface area contributed by atoms with Crippen molar-refractivity contribution in [2.75, 3.05) is 0 Å². The predicted molar refractivity (Wildman–Crippen MR) is 70.7 cm³/mol. The highest BCUT2D eigenvalue weighted by Gasteiger charge is 2.04. The molecule has 3 heteroatoms. The molecule has 0 bridgehead atoms. The largest absolute Gasteiger partial charge is 0.217 e. The highest BCUT2D eigenvalue weighted by molar-refractivity contribution is 5.60. The van der Waals surface area contributed by atoms with Gasteiger partial charge in [-0.25, -0.2) is 15.0 Å². The second-order valence-electron chi connectivity index (χ2n) is 3.13. The molecule has 0 atom stereocenters. The Balaban J connectivity index is 2.31. The van der Waals surface area contributed by atoms with E-state index in [0.717, 1.165) is 6.33 Å². The first-order chi connectivity index (χ1) is 13.1. The molecular weight excluding hydrogens is 222 g/mol.